The predicted octanol–water partition coefficient (Wildman–Crippen LogP) is 1.51. The fourth-order valence-electron chi connectivity index (χ4n) is 1.80. The Hall–Kier alpha value is -0.570. The molecular formula is C12H23NO2. The molecule has 0 spiro atoms. The van der Waals surface area contributed by atoms with Crippen molar-refractivity contribution >= 4 is 5.91 Å². The zero-order valence-electron chi connectivity index (χ0n) is 10.3. The van der Waals surface area contributed by atoms with Gasteiger partial charge in [-0.3, -0.25) is 4.79 Å². The summed E-state index contributed by atoms with van der Waals surface area (Å²) in [4.78, 5) is 13.6. The fourth-order valence-corrected chi connectivity index (χ4v) is 1.80. The smallest absolute Gasteiger partial charge is 0.223 e. The van der Waals surface area contributed by atoms with Crippen LogP contribution in [0.1, 0.15) is 34.1 Å². The van der Waals surface area contributed by atoms with Gasteiger partial charge < -0.3 is 10.0 Å². The molecule has 1 unspecified atom stereocenters. The largest absolute Gasteiger partial charge is 0.396 e. The molecule has 1 aliphatic heterocycles. The molecule has 1 rings (SSSR count). The van der Waals surface area contributed by atoms with Crippen LogP contribution < -0.4 is 0 Å². The van der Waals surface area contributed by atoms with Crippen molar-refractivity contribution in [1.82, 2.24) is 4.90 Å². The SMILES string of the molecule is CC(C)C(C)(C)CN1CC(CO)CC1=O. The number of carbonyl (C=O) groups is 1. The Labute approximate surface area is 92.5 Å². The molecule has 0 bridgehead atoms. The number of hydrogen-bond donors (Lipinski definition) is 1. The van der Waals surface area contributed by atoms with Crippen LogP contribution in [0.2, 0.25) is 0 Å². The van der Waals surface area contributed by atoms with E-state index in [4.69, 9.17) is 5.11 Å². The van der Waals surface area contributed by atoms with Crippen LogP contribution in [-0.2, 0) is 4.79 Å². The second-order valence-electron chi connectivity index (χ2n) is 5.67. The molecule has 1 N–H and O–H groups in total. The Morgan fingerprint density at radius 3 is 2.53 bits per heavy atom. The molecule has 1 amide bonds. The Kier molecular flexibility index (Phi) is 3.77. The molecule has 3 nitrogen and oxygen atoms in total. The van der Waals surface area contributed by atoms with Gasteiger partial charge in [0.25, 0.3) is 0 Å². The molecule has 1 saturated heterocycles. The van der Waals surface area contributed by atoms with E-state index in [-0.39, 0.29) is 23.8 Å². The van der Waals surface area contributed by atoms with Gasteiger partial charge in [-0.2, -0.15) is 0 Å². The van der Waals surface area contributed by atoms with Crippen LogP contribution in [0.3, 0.4) is 0 Å². The van der Waals surface area contributed by atoms with Gasteiger partial charge in [-0.15, -0.1) is 0 Å². The van der Waals surface area contributed by atoms with Crippen LogP contribution in [0.25, 0.3) is 0 Å². The van der Waals surface area contributed by atoms with Gasteiger partial charge in [0.15, 0.2) is 0 Å². The summed E-state index contributed by atoms with van der Waals surface area (Å²) in [5.41, 5.74) is 0.153. The lowest BCUT2D eigenvalue weighted by Gasteiger charge is -2.33. The average molecular weight is 213 g/mol. The van der Waals surface area contributed by atoms with Crippen molar-refractivity contribution in [3.05, 3.63) is 0 Å². The van der Waals surface area contributed by atoms with Crippen LogP contribution in [-0.4, -0.2) is 35.6 Å². The number of amides is 1. The van der Waals surface area contributed by atoms with Crippen LogP contribution in [0.15, 0.2) is 0 Å². The average Bonchev–Trinajstić information content (AvgIpc) is 2.46. The normalized spacial score (nSPS) is 22.9. The summed E-state index contributed by atoms with van der Waals surface area (Å²) in [5, 5.41) is 9.03. The van der Waals surface area contributed by atoms with E-state index in [1.165, 1.54) is 0 Å². The number of nitrogens with zero attached hydrogens (tertiary/aromatic N) is 1. The zero-order valence-corrected chi connectivity index (χ0v) is 10.3. The fraction of sp³-hybridized carbons (Fsp3) is 0.917. The number of hydrogen-bond acceptors (Lipinski definition) is 2. The van der Waals surface area contributed by atoms with Gasteiger partial charge in [-0.25, -0.2) is 0 Å². The number of aliphatic hydroxyl groups is 1. The molecule has 0 radical (unpaired) electrons. The highest BCUT2D eigenvalue weighted by Crippen LogP contribution is 2.29. The minimum Gasteiger partial charge on any atom is -0.396 e. The Balaban J connectivity index is 2.56. The highest BCUT2D eigenvalue weighted by atomic mass is 16.3. The van der Waals surface area contributed by atoms with Gasteiger partial charge in [0.05, 0.1) is 0 Å². The summed E-state index contributed by atoms with van der Waals surface area (Å²) in [6, 6.07) is 0. The van der Waals surface area contributed by atoms with Crippen LogP contribution >= 0.6 is 0 Å². The highest BCUT2D eigenvalue weighted by Gasteiger charge is 2.34. The topological polar surface area (TPSA) is 40.5 Å². The molecule has 1 atom stereocenters. The molecule has 15 heavy (non-hydrogen) atoms. The minimum absolute atomic E-state index is 0.129. The summed E-state index contributed by atoms with van der Waals surface area (Å²) in [6.07, 6.45) is 0.519. The maximum atomic E-state index is 11.7. The van der Waals surface area contributed by atoms with Crippen molar-refractivity contribution in [2.24, 2.45) is 17.3 Å². The lowest BCUT2D eigenvalue weighted by molar-refractivity contribution is -0.129. The van der Waals surface area contributed by atoms with E-state index >= 15 is 0 Å². The standard InChI is InChI=1S/C12H23NO2/c1-9(2)12(3,4)8-13-6-10(7-14)5-11(13)15/h9-10,14H,5-8H2,1-4H3. The van der Waals surface area contributed by atoms with E-state index in [0.29, 0.717) is 12.3 Å². The lowest BCUT2D eigenvalue weighted by Crippen LogP contribution is -2.38. The third-order valence-electron chi connectivity index (χ3n) is 3.71. The third kappa shape index (κ3) is 2.94. The van der Waals surface area contributed by atoms with Crippen molar-refractivity contribution in [2.45, 2.75) is 34.1 Å². The van der Waals surface area contributed by atoms with Gasteiger partial charge in [-0.05, 0) is 11.3 Å². The zero-order chi connectivity index (χ0) is 11.6. The highest BCUT2D eigenvalue weighted by molar-refractivity contribution is 5.78. The second-order valence-corrected chi connectivity index (χ2v) is 5.67. The maximum Gasteiger partial charge on any atom is 0.223 e. The molecule has 88 valence electrons. The van der Waals surface area contributed by atoms with Gasteiger partial charge in [-0.1, -0.05) is 27.7 Å². The van der Waals surface area contributed by atoms with Gasteiger partial charge in [0.1, 0.15) is 0 Å². The number of likely N-dealkylation sites (tertiary alicyclic amines) is 1. The molecule has 1 heterocycles. The van der Waals surface area contributed by atoms with Crippen molar-refractivity contribution in [2.75, 3.05) is 19.7 Å². The Morgan fingerprint density at radius 1 is 1.53 bits per heavy atom. The first kappa shape index (κ1) is 12.5. The van der Waals surface area contributed by atoms with Gasteiger partial charge >= 0.3 is 0 Å². The first-order chi connectivity index (χ1) is 6.86. The third-order valence-corrected chi connectivity index (χ3v) is 3.71. The van der Waals surface area contributed by atoms with E-state index in [9.17, 15) is 4.79 Å². The summed E-state index contributed by atoms with van der Waals surface area (Å²) >= 11 is 0. The molecule has 0 saturated carbocycles. The van der Waals surface area contributed by atoms with Crippen molar-refractivity contribution in [3.63, 3.8) is 0 Å². The van der Waals surface area contributed by atoms with E-state index < -0.39 is 0 Å². The number of carbonyl (C=O) groups excluding carboxylic acids is 1. The molecule has 0 aromatic carbocycles. The van der Waals surface area contributed by atoms with Crippen LogP contribution in [0, 0.1) is 17.3 Å². The first-order valence-electron chi connectivity index (χ1n) is 5.75. The number of aliphatic hydroxyl groups excluding tert-OH is 1. The van der Waals surface area contributed by atoms with E-state index in [1.807, 2.05) is 4.90 Å². The summed E-state index contributed by atoms with van der Waals surface area (Å²) in [6.45, 7) is 10.4. The Morgan fingerprint density at radius 2 is 2.13 bits per heavy atom. The van der Waals surface area contributed by atoms with Crippen molar-refractivity contribution < 1.29 is 9.90 Å². The molecule has 0 aromatic rings. The second kappa shape index (κ2) is 4.52. The van der Waals surface area contributed by atoms with E-state index in [1.54, 1.807) is 0 Å². The molecule has 1 fully saturated rings. The minimum atomic E-state index is 0.129. The summed E-state index contributed by atoms with van der Waals surface area (Å²) in [7, 11) is 0. The Bertz CT molecular complexity index is 236. The van der Waals surface area contributed by atoms with Crippen LogP contribution in [0.4, 0.5) is 0 Å². The van der Waals surface area contributed by atoms with Gasteiger partial charge in [0.2, 0.25) is 5.91 Å². The molecule has 3 heteroatoms. The quantitative estimate of drug-likeness (QED) is 0.769. The van der Waals surface area contributed by atoms with Gasteiger partial charge in [0, 0.05) is 32.0 Å². The molecule has 0 aromatic heterocycles. The number of rotatable bonds is 4. The first-order valence-corrected chi connectivity index (χ1v) is 5.75. The predicted molar refractivity (Wildman–Crippen MR) is 60.4 cm³/mol. The monoisotopic (exact) mass is 213 g/mol. The van der Waals surface area contributed by atoms with Crippen molar-refractivity contribution in [3.8, 4) is 0 Å². The van der Waals surface area contributed by atoms with E-state index in [2.05, 4.69) is 27.7 Å². The summed E-state index contributed by atoms with van der Waals surface area (Å²) in [5.74, 6) is 0.904. The van der Waals surface area contributed by atoms with E-state index in [0.717, 1.165) is 13.1 Å². The molecular weight excluding hydrogens is 190 g/mol. The maximum absolute atomic E-state index is 11.7. The lowest BCUT2D eigenvalue weighted by atomic mass is 9.81. The van der Waals surface area contributed by atoms with Crippen molar-refractivity contribution in [1.29, 1.82) is 0 Å². The molecule has 0 aliphatic carbocycles. The summed E-state index contributed by atoms with van der Waals surface area (Å²) < 4.78 is 0. The molecule has 1 aliphatic rings. The van der Waals surface area contributed by atoms with Crippen LogP contribution in [0.5, 0.6) is 0 Å².